The largest absolute Gasteiger partial charge is 0.435 e. The smallest absolute Gasteiger partial charge is 0.333 e. The highest BCUT2D eigenvalue weighted by Crippen LogP contribution is 2.27. The van der Waals surface area contributed by atoms with E-state index in [1.807, 2.05) is 0 Å². The van der Waals surface area contributed by atoms with E-state index in [4.69, 9.17) is 10.5 Å². The molecule has 4 heterocycles. The number of primary amides is 1. The highest BCUT2D eigenvalue weighted by atomic mass is 19.3. The maximum Gasteiger partial charge on any atom is 0.333 e. The van der Waals surface area contributed by atoms with E-state index in [2.05, 4.69) is 25.5 Å². The van der Waals surface area contributed by atoms with E-state index >= 15 is 0 Å². The lowest BCUT2D eigenvalue weighted by Gasteiger charge is -2.09. The zero-order valence-electron chi connectivity index (χ0n) is 19.3. The van der Waals surface area contributed by atoms with Crippen LogP contribution in [-0.4, -0.2) is 41.2 Å². The van der Waals surface area contributed by atoms with Gasteiger partial charge in [0.15, 0.2) is 17.2 Å². The van der Waals surface area contributed by atoms with E-state index < -0.39 is 24.2 Å². The second-order valence-corrected chi connectivity index (χ2v) is 7.95. The van der Waals surface area contributed by atoms with Crippen molar-refractivity contribution in [3.05, 3.63) is 84.2 Å². The molecule has 14 heteroatoms. The molecule has 5 aromatic rings. The third-order valence-corrected chi connectivity index (χ3v) is 5.33. The van der Waals surface area contributed by atoms with Crippen molar-refractivity contribution < 1.29 is 27.5 Å². The molecule has 0 aliphatic carbocycles. The molecule has 0 radical (unpaired) electrons. The third kappa shape index (κ3) is 5.13. The van der Waals surface area contributed by atoms with Crippen LogP contribution in [0.5, 0.6) is 11.6 Å². The van der Waals surface area contributed by atoms with Crippen molar-refractivity contribution in [1.82, 2.24) is 29.4 Å². The molecule has 11 nitrogen and oxygen atoms in total. The fourth-order valence-electron chi connectivity index (χ4n) is 3.56. The van der Waals surface area contributed by atoms with Crippen LogP contribution in [0, 0.1) is 5.82 Å². The fourth-order valence-corrected chi connectivity index (χ4v) is 3.56. The van der Waals surface area contributed by atoms with Crippen LogP contribution in [0.25, 0.3) is 16.8 Å². The summed E-state index contributed by atoms with van der Waals surface area (Å²) < 4.78 is 47.5. The number of carbonyl (C=O) groups is 2. The topological polar surface area (TPSA) is 142 Å². The number of halogens is 3. The molecule has 0 atom stereocenters. The minimum atomic E-state index is -2.75. The van der Waals surface area contributed by atoms with Crippen LogP contribution in [0.4, 0.5) is 19.1 Å². The van der Waals surface area contributed by atoms with Gasteiger partial charge in [0, 0.05) is 24.2 Å². The van der Waals surface area contributed by atoms with E-state index in [1.54, 1.807) is 18.3 Å². The summed E-state index contributed by atoms with van der Waals surface area (Å²) in [6, 6.07) is 10.0. The van der Waals surface area contributed by atoms with E-state index in [-0.39, 0.29) is 29.6 Å². The van der Waals surface area contributed by atoms with E-state index in [0.717, 1.165) is 6.07 Å². The van der Waals surface area contributed by atoms with E-state index in [0.29, 0.717) is 27.0 Å². The summed E-state index contributed by atoms with van der Waals surface area (Å²) in [7, 11) is 0. The monoisotopic (exact) mass is 522 g/mol. The van der Waals surface area contributed by atoms with Gasteiger partial charge in [-0.3, -0.25) is 14.9 Å². The lowest BCUT2D eigenvalue weighted by Crippen LogP contribution is -2.15. The standard InChI is InChI=1S/C24H17F3N8O3/c25-17-8-13(3-4-18(17)38-22-16(21(28)37)2-1-6-29-22)9-20(36)32-24-31-19-10-14(5-7-34(19)33-24)15-11-30-35(12-15)23(26)27/h1-8,10-12,23H,9H2,(H2,28,37)(H,32,33,36). The van der Waals surface area contributed by atoms with Gasteiger partial charge in [-0.25, -0.2) is 18.6 Å². The molecule has 0 saturated heterocycles. The number of amides is 2. The van der Waals surface area contributed by atoms with Crippen molar-refractivity contribution in [2.75, 3.05) is 5.32 Å². The van der Waals surface area contributed by atoms with Gasteiger partial charge >= 0.3 is 6.55 Å². The molecule has 1 aromatic carbocycles. The Hall–Kier alpha value is -5.27. The first kappa shape index (κ1) is 24.4. The number of ether oxygens (including phenoxy) is 1. The number of rotatable bonds is 8. The molecule has 0 spiro atoms. The molecule has 4 aromatic heterocycles. The van der Waals surface area contributed by atoms with Crippen molar-refractivity contribution in [3.63, 3.8) is 0 Å². The van der Waals surface area contributed by atoms with Crippen molar-refractivity contribution >= 4 is 23.4 Å². The van der Waals surface area contributed by atoms with Crippen LogP contribution in [-0.2, 0) is 11.2 Å². The average molecular weight is 522 g/mol. The van der Waals surface area contributed by atoms with Gasteiger partial charge in [0.1, 0.15) is 5.56 Å². The van der Waals surface area contributed by atoms with E-state index in [1.165, 1.54) is 47.4 Å². The number of aromatic nitrogens is 6. The third-order valence-electron chi connectivity index (χ3n) is 5.33. The summed E-state index contributed by atoms with van der Waals surface area (Å²) in [6.07, 6.45) is 5.25. The van der Waals surface area contributed by atoms with Gasteiger partial charge in [0.2, 0.25) is 17.7 Å². The van der Waals surface area contributed by atoms with Crippen LogP contribution in [0.15, 0.2) is 67.3 Å². The maximum absolute atomic E-state index is 14.6. The number of anilines is 1. The molecular weight excluding hydrogens is 505 g/mol. The summed E-state index contributed by atoms with van der Waals surface area (Å²) >= 11 is 0. The second kappa shape index (κ2) is 10.0. The molecule has 38 heavy (non-hydrogen) atoms. The number of hydrogen-bond donors (Lipinski definition) is 2. The molecule has 5 rings (SSSR count). The van der Waals surface area contributed by atoms with Gasteiger partial charge in [-0.05, 0) is 47.5 Å². The molecule has 0 bridgehead atoms. The van der Waals surface area contributed by atoms with Gasteiger partial charge < -0.3 is 10.5 Å². The minimum Gasteiger partial charge on any atom is -0.435 e. The molecule has 192 valence electrons. The highest BCUT2D eigenvalue weighted by molar-refractivity contribution is 5.95. The lowest BCUT2D eigenvalue weighted by atomic mass is 10.1. The first-order chi connectivity index (χ1) is 18.3. The Morgan fingerprint density at radius 3 is 2.71 bits per heavy atom. The molecular formula is C24H17F3N8O3. The quantitative estimate of drug-likeness (QED) is 0.317. The summed E-state index contributed by atoms with van der Waals surface area (Å²) in [5.41, 5.74) is 7.02. The predicted octanol–water partition coefficient (Wildman–Crippen LogP) is 3.59. The number of nitrogens with zero attached hydrogens (tertiary/aromatic N) is 6. The molecule has 0 saturated carbocycles. The number of nitrogens with two attached hydrogens (primary N) is 1. The zero-order chi connectivity index (χ0) is 26.8. The second-order valence-electron chi connectivity index (χ2n) is 7.95. The normalized spacial score (nSPS) is 11.2. The maximum atomic E-state index is 14.6. The van der Waals surface area contributed by atoms with Crippen molar-refractivity contribution in [1.29, 1.82) is 0 Å². The summed E-state index contributed by atoms with van der Waals surface area (Å²) in [5, 5.41) is 10.3. The van der Waals surface area contributed by atoms with Gasteiger partial charge in [-0.2, -0.15) is 18.9 Å². The Morgan fingerprint density at radius 1 is 1.13 bits per heavy atom. The number of alkyl halides is 2. The SMILES string of the molecule is NC(=O)c1cccnc1Oc1ccc(CC(=O)Nc2nc3cc(-c4cnn(C(F)F)c4)ccn3n2)cc1F. The number of benzene rings is 1. The van der Waals surface area contributed by atoms with Crippen LogP contribution >= 0.6 is 0 Å². The molecule has 0 fully saturated rings. The summed E-state index contributed by atoms with van der Waals surface area (Å²) in [4.78, 5) is 32.2. The zero-order valence-corrected chi connectivity index (χ0v) is 19.3. The molecule has 0 aliphatic heterocycles. The van der Waals surface area contributed by atoms with E-state index in [9.17, 15) is 22.8 Å². The Kier molecular flexibility index (Phi) is 6.43. The average Bonchev–Trinajstić information content (AvgIpc) is 3.52. The number of hydrogen-bond acceptors (Lipinski definition) is 7. The fraction of sp³-hybridized carbons (Fsp3) is 0.0833. The van der Waals surface area contributed by atoms with Gasteiger partial charge in [-0.15, -0.1) is 5.10 Å². The van der Waals surface area contributed by atoms with Crippen LogP contribution in [0.3, 0.4) is 0 Å². The Morgan fingerprint density at radius 2 is 1.97 bits per heavy atom. The first-order valence-corrected chi connectivity index (χ1v) is 11.0. The van der Waals surface area contributed by atoms with Gasteiger partial charge in [-0.1, -0.05) is 6.07 Å². The molecule has 2 amide bonds. The van der Waals surface area contributed by atoms with Crippen LogP contribution in [0.2, 0.25) is 0 Å². The minimum absolute atomic E-state index is 0.00461. The number of carbonyl (C=O) groups excluding carboxylic acids is 2. The number of pyridine rings is 2. The first-order valence-electron chi connectivity index (χ1n) is 11.0. The van der Waals surface area contributed by atoms with Crippen LogP contribution < -0.4 is 15.8 Å². The predicted molar refractivity (Wildman–Crippen MR) is 127 cm³/mol. The van der Waals surface area contributed by atoms with Crippen molar-refractivity contribution in [2.45, 2.75) is 13.0 Å². The van der Waals surface area contributed by atoms with Gasteiger partial charge in [0.25, 0.3) is 5.91 Å². The van der Waals surface area contributed by atoms with Gasteiger partial charge in [0.05, 0.1) is 12.6 Å². The Bertz CT molecular complexity index is 1670. The highest BCUT2D eigenvalue weighted by Gasteiger charge is 2.16. The summed E-state index contributed by atoms with van der Waals surface area (Å²) in [5.74, 6) is -2.40. The van der Waals surface area contributed by atoms with Crippen molar-refractivity contribution in [3.8, 4) is 22.8 Å². The molecule has 0 unspecified atom stereocenters. The van der Waals surface area contributed by atoms with Crippen molar-refractivity contribution in [2.24, 2.45) is 5.73 Å². The Labute approximate surface area is 211 Å². The number of fused-ring (bicyclic) bond motifs is 1. The van der Waals surface area contributed by atoms with Crippen LogP contribution in [0.1, 0.15) is 22.5 Å². The molecule has 0 aliphatic rings. The lowest BCUT2D eigenvalue weighted by molar-refractivity contribution is -0.115. The Balaban J connectivity index is 1.26. The number of nitrogens with one attached hydrogen (secondary N) is 1. The molecule has 3 N–H and O–H groups in total. The summed E-state index contributed by atoms with van der Waals surface area (Å²) in [6.45, 7) is -2.75.